The van der Waals surface area contributed by atoms with Gasteiger partial charge in [-0.3, -0.25) is 4.79 Å². The van der Waals surface area contributed by atoms with Crippen LogP contribution in [0.2, 0.25) is 0 Å². The zero-order chi connectivity index (χ0) is 17.2. The summed E-state index contributed by atoms with van der Waals surface area (Å²) in [6.45, 7) is 0.414. The Bertz CT molecular complexity index is 377. The maximum absolute atomic E-state index is 12.0. The summed E-state index contributed by atoms with van der Waals surface area (Å²) in [5.41, 5.74) is 0. The van der Waals surface area contributed by atoms with E-state index in [2.05, 4.69) is 0 Å². The number of rotatable bonds is 6. The van der Waals surface area contributed by atoms with Gasteiger partial charge in [0, 0.05) is 0 Å². The van der Waals surface area contributed by atoms with E-state index in [1.165, 1.54) is 6.92 Å². The van der Waals surface area contributed by atoms with Crippen LogP contribution in [0.15, 0.2) is 0 Å². The fraction of sp³-hybridized carbons (Fsp3) is 0.917. The first kappa shape index (κ1) is 19.4. The molecule has 10 nitrogen and oxygen atoms in total. The number of aliphatic hydroxyl groups is 8. The second-order valence-corrected chi connectivity index (χ2v) is 5.31. The smallest absolute Gasteiger partial charge is 0.195 e. The fourth-order valence-corrected chi connectivity index (χ4v) is 2.15. The fourth-order valence-electron chi connectivity index (χ4n) is 2.15. The lowest BCUT2D eigenvalue weighted by Crippen LogP contribution is -2.62. The molecule has 0 aromatic rings. The van der Waals surface area contributed by atoms with E-state index in [0.29, 0.717) is 0 Å². The molecule has 0 saturated carbocycles. The van der Waals surface area contributed by atoms with Gasteiger partial charge in [0.15, 0.2) is 5.78 Å². The van der Waals surface area contributed by atoms with E-state index in [4.69, 9.17) is 9.84 Å². The molecule has 0 aromatic heterocycles. The molecule has 9 atom stereocenters. The Kier molecular flexibility index (Phi) is 6.80. The van der Waals surface area contributed by atoms with Crippen molar-refractivity contribution in [3.05, 3.63) is 0 Å². The lowest BCUT2D eigenvalue weighted by molar-refractivity contribution is -0.221. The number of carbonyl (C=O) groups is 1. The molecule has 1 unspecified atom stereocenters. The van der Waals surface area contributed by atoms with Gasteiger partial charge in [-0.15, -0.1) is 0 Å². The van der Waals surface area contributed by atoms with Crippen molar-refractivity contribution in [3.8, 4) is 0 Å². The van der Waals surface area contributed by atoms with Crippen LogP contribution in [0.25, 0.3) is 0 Å². The van der Waals surface area contributed by atoms with Gasteiger partial charge in [-0.1, -0.05) is 0 Å². The number of aliphatic hydroxyl groups excluding tert-OH is 8. The molecule has 1 saturated heterocycles. The van der Waals surface area contributed by atoms with Crippen LogP contribution >= 0.6 is 0 Å². The Morgan fingerprint density at radius 1 is 1.00 bits per heavy atom. The molecule has 10 heteroatoms. The van der Waals surface area contributed by atoms with E-state index < -0.39 is 67.3 Å². The van der Waals surface area contributed by atoms with Gasteiger partial charge in [0.2, 0.25) is 0 Å². The molecule has 1 aliphatic heterocycles. The highest BCUT2D eigenvalue weighted by Gasteiger charge is 2.48. The first-order valence-electron chi connectivity index (χ1n) is 6.70. The molecule has 1 aliphatic rings. The minimum atomic E-state index is -2.24. The van der Waals surface area contributed by atoms with Gasteiger partial charge in [0.05, 0.1) is 12.7 Å². The van der Waals surface area contributed by atoms with Crippen LogP contribution < -0.4 is 0 Å². The Morgan fingerprint density at radius 3 is 2.05 bits per heavy atom. The predicted molar refractivity (Wildman–Crippen MR) is 68.5 cm³/mol. The third-order valence-electron chi connectivity index (χ3n) is 3.68. The molecular formula is C12H22O10. The van der Waals surface area contributed by atoms with Crippen LogP contribution in [-0.4, -0.2) is 108 Å². The minimum Gasteiger partial charge on any atom is -0.394 e. The van der Waals surface area contributed by atoms with Crippen molar-refractivity contribution in [1.82, 2.24) is 0 Å². The monoisotopic (exact) mass is 326 g/mol. The molecule has 0 aromatic carbocycles. The predicted octanol–water partition coefficient (Wildman–Crippen LogP) is -5.14. The van der Waals surface area contributed by atoms with Crippen molar-refractivity contribution in [1.29, 1.82) is 0 Å². The molecular weight excluding hydrogens is 304 g/mol. The van der Waals surface area contributed by atoms with Gasteiger partial charge in [0.1, 0.15) is 48.8 Å². The highest BCUT2D eigenvalue weighted by molar-refractivity contribution is 5.88. The second kappa shape index (κ2) is 7.73. The summed E-state index contributed by atoms with van der Waals surface area (Å²) < 4.78 is 5.01. The van der Waals surface area contributed by atoms with Gasteiger partial charge >= 0.3 is 0 Å². The van der Waals surface area contributed by atoms with Crippen LogP contribution in [0, 0.1) is 0 Å². The Morgan fingerprint density at radius 2 is 1.55 bits per heavy atom. The standard InChI is InChI=1S/C12H22O10/c1-3-5(15)7(17)10(20)12(22-3)11(21)9(19)8(18)6(16)4(14)2-13/h3-10,12-20H,2H2,1H3/t3-,4+,5+,6+,7+,8-,9+,10-,12?/m0/s1. The second-order valence-electron chi connectivity index (χ2n) is 5.31. The third kappa shape index (κ3) is 3.79. The molecule has 0 spiro atoms. The third-order valence-corrected chi connectivity index (χ3v) is 3.68. The molecule has 0 bridgehead atoms. The maximum Gasteiger partial charge on any atom is 0.195 e. The maximum atomic E-state index is 12.0. The minimum absolute atomic E-state index is 0.913. The van der Waals surface area contributed by atoms with Crippen LogP contribution in [0.4, 0.5) is 0 Å². The van der Waals surface area contributed by atoms with Gasteiger partial charge in [-0.25, -0.2) is 0 Å². The van der Waals surface area contributed by atoms with Crippen LogP contribution in [0.5, 0.6) is 0 Å². The van der Waals surface area contributed by atoms with E-state index in [1.807, 2.05) is 0 Å². The summed E-state index contributed by atoms with van der Waals surface area (Å²) in [6, 6.07) is 0. The van der Waals surface area contributed by atoms with Crippen molar-refractivity contribution >= 4 is 5.78 Å². The molecule has 1 rings (SSSR count). The average molecular weight is 326 g/mol. The Hall–Kier alpha value is -0.690. The highest BCUT2D eigenvalue weighted by atomic mass is 16.5. The summed E-state index contributed by atoms with van der Waals surface area (Å²) in [7, 11) is 0. The summed E-state index contributed by atoms with van der Waals surface area (Å²) in [4.78, 5) is 12.0. The quantitative estimate of drug-likeness (QED) is 0.234. The summed E-state index contributed by atoms with van der Waals surface area (Å²) in [6.07, 6.45) is -16.0. The average Bonchev–Trinajstić information content (AvgIpc) is 2.52. The molecule has 1 fully saturated rings. The number of ketones is 1. The van der Waals surface area contributed by atoms with Gasteiger partial charge in [-0.2, -0.15) is 0 Å². The highest BCUT2D eigenvalue weighted by Crippen LogP contribution is 2.23. The van der Waals surface area contributed by atoms with Gasteiger partial charge in [-0.05, 0) is 6.92 Å². The van der Waals surface area contributed by atoms with E-state index in [1.54, 1.807) is 0 Å². The van der Waals surface area contributed by atoms with Crippen molar-refractivity contribution in [2.75, 3.05) is 6.61 Å². The van der Waals surface area contributed by atoms with Gasteiger partial charge in [0.25, 0.3) is 0 Å². The number of carbonyl (C=O) groups excluding carboxylic acids is 1. The SMILES string of the molecule is C[C@@H]1OC(C(=O)[C@H](O)[C@@H](O)[C@H](O)[C@H](O)CO)[C@@H](O)[C@H](O)[C@@H]1O. The van der Waals surface area contributed by atoms with E-state index in [9.17, 15) is 40.5 Å². The van der Waals surface area contributed by atoms with Crippen LogP contribution in [-0.2, 0) is 9.53 Å². The molecule has 8 N–H and O–H groups in total. The lowest BCUT2D eigenvalue weighted by atomic mass is 9.89. The molecule has 130 valence electrons. The first-order valence-corrected chi connectivity index (χ1v) is 6.70. The summed E-state index contributed by atoms with van der Waals surface area (Å²) >= 11 is 0. The van der Waals surface area contributed by atoms with Crippen LogP contribution in [0.1, 0.15) is 6.92 Å². The van der Waals surface area contributed by atoms with Crippen molar-refractivity contribution < 1.29 is 50.4 Å². The van der Waals surface area contributed by atoms with E-state index >= 15 is 0 Å². The zero-order valence-electron chi connectivity index (χ0n) is 11.8. The van der Waals surface area contributed by atoms with E-state index in [-0.39, 0.29) is 0 Å². The van der Waals surface area contributed by atoms with Gasteiger partial charge < -0.3 is 45.6 Å². The topological polar surface area (TPSA) is 188 Å². The number of ether oxygens (including phenoxy) is 1. The number of hydrogen-bond donors (Lipinski definition) is 8. The molecule has 1 heterocycles. The van der Waals surface area contributed by atoms with Crippen molar-refractivity contribution in [2.24, 2.45) is 0 Å². The zero-order valence-corrected chi connectivity index (χ0v) is 11.8. The van der Waals surface area contributed by atoms with Crippen molar-refractivity contribution in [3.63, 3.8) is 0 Å². The van der Waals surface area contributed by atoms with Crippen molar-refractivity contribution in [2.45, 2.75) is 61.9 Å². The van der Waals surface area contributed by atoms with Crippen LogP contribution in [0.3, 0.4) is 0 Å². The molecule has 0 aliphatic carbocycles. The lowest BCUT2D eigenvalue weighted by Gasteiger charge is -2.39. The largest absolute Gasteiger partial charge is 0.394 e. The molecule has 22 heavy (non-hydrogen) atoms. The molecule has 0 radical (unpaired) electrons. The number of Topliss-reactive ketones (excluding diaryl/α,β-unsaturated/α-hetero) is 1. The summed E-state index contributed by atoms with van der Waals surface area (Å²) in [5.74, 6) is -1.25. The Labute approximate surface area is 125 Å². The number of hydrogen-bond acceptors (Lipinski definition) is 10. The van der Waals surface area contributed by atoms with E-state index in [0.717, 1.165) is 0 Å². The normalized spacial score (nSPS) is 38.1. The molecule has 0 amide bonds. The first-order chi connectivity index (χ1) is 10.1. The summed E-state index contributed by atoms with van der Waals surface area (Å²) in [5, 5.41) is 75.4. The Balaban J connectivity index is 2.81.